The lowest BCUT2D eigenvalue weighted by Crippen LogP contribution is -2.40. The lowest BCUT2D eigenvalue weighted by molar-refractivity contribution is -0.134. The molecule has 7 heteroatoms. The molecule has 0 spiro atoms. The number of methoxy groups -OCH3 is 2. The number of nitrogens with zero attached hydrogens (tertiary/aromatic N) is 2. The van der Waals surface area contributed by atoms with Crippen molar-refractivity contribution in [3.63, 3.8) is 0 Å². The van der Waals surface area contributed by atoms with E-state index in [2.05, 4.69) is 5.32 Å². The quantitative estimate of drug-likeness (QED) is 0.685. The van der Waals surface area contributed by atoms with Crippen LogP contribution in [0.1, 0.15) is 16.7 Å². The molecule has 0 aliphatic rings. The van der Waals surface area contributed by atoms with Crippen LogP contribution >= 0.6 is 0 Å². The van der Waals surface area contributed by atoms with Crippen molar-refractivity contribution in [2.24, 2.45) is 0 Å². The monoisotopic (exact) mass is 413 g/mol. The molecular weight excluding hydrogens is 382 g/mol. The van der Waals surface area contributed by atoms with Gasteiger partial charge >= 0.3 is 0 Å². The van der Waals surface area contributed by atoms with E-state index in [9.17, 15) is 9.59 Å². The van der Waals surface area contributed by atoms with Crippen molar-refractivity contribution in [1.29, 1.82) is 0 Å². The maximum Gasteiger partial charge on any atom is 0.243 e. The Balaban J connectivity index is 1.91. The number of carbonyl (C=O) groups is 2. The van der Waals surface area contributed by atoms with Crippen LogP contribution in [0.2, 0.25) is 0 Å². The number of carbonyl (C=O) groups excluding carboxylic acids is 2. The van der Waals surface area contributed by atoms with Crippen molar-refractivity contribution in [2.45, 2.75) is 20.4 Å². The van der Waals surface area contributed by atoms with Gasteiger partial charge in [-0.3, -0.25) is 14.5 Å². The molecule has 30 heavy (non-hydrogen) atoms. The van der Waals surface area contributed by atoms with Gasteiger partial charge in [-0.25, -0.2) is 0 Å². The van der Waals surface area contributed by atoms with Crippen LogP contribution < -0.4 is 14.8 Å². The number of nitrogens with one attached hydrogen (secondary N) is 1. The first-order valence-corrected chi connectivity index (χ1v) is 9.74. The molecule has 0 saturated carbocycles. The van der Waals surface area contributed by atoms with Gasteiger partial charge < -0.3 is 19.7 Å². The summed E-state index contributed by atoms with van der Waals surface area (Å²) in [6.45, 7) is 4.59. The van der Waals surface area contributed by atoms with Crippen LogP contribution in [0.5, 0.6) is 11.5 Å². The summed E-state index contributed by atoms with van der Waals surface area (Å²) in [5, 5.41) is 2.91. The summed E-state index contributed by atoms with van der Waals surface area (Å²) in [7, 11) is 6.69. The number of para-hydroxylation sites is 1. The molecule has 162 valence electrons. The lowest BCUT2D eigenvalue weighted by atomic mass is 10.1. The molecule has 0 radical (unpaired) electrons. The summed E-state index contributed by atoms with van der Waals surface area (Å²) in [5.74, 6) is 1.06. The second-order valence-electron chi connectivity index (χ2n) is 7.41. The van der Waals surface area contributed by atoms with Crippen LogP contribution in [-0.4, -0.2) is 63.0 Å². The van der Waals surface area contributed by atoms with Gasteiger partial charge in [-0.15, -0.1) is 0 Å². The van der Waals surface area contributed by atoms with Crippen LogP contribution in [0.3, 0.4) is 0 Å². The van der Waals surface area contributed by atoms with Crippen LogP contribution in [-0.2, 0) is 16.1 Å². The number of likely N-dealkylation sites (N-methyl/N-ethyl adjacent to an activating group) is 2. The van der Waals surface area contributed by atoms with E-state index in [0.29, 0.717) is 18.0 Å². The van der Waals surface area contributed by atoms with E-state index in [1.165, 1.54) is 4.90 Å². The van der Waals surface area contributed by atoms with Crippen LogP contribution in [0, 0.1) is 13.8 Å². The van der Waals surface area contributed by atoms with Crippen molar-refractivity contribution >= 4 is 17.5 Å². The summed E-state index contributed by atoms with van der Waals surface area (Å²) >= 11 is 0. The Morgan fingerprint density at radius 2 is 1.63 bits per heavy atom. The number of aryl methyl sites for hydroxylation is 2. The largest absolute Gasteiger partial charge is 0.497 e. The molecule has 7 nitrogen and oxygen atoms in total. The van der Waals surface area contributed by atoms with Gasteiger partial charge in [-0.2, -0.15) is 0 Å². The molecule has 1 N–H and O–H groups in total. The number of anilines is 1. The predicted octanol–water partition coefficient (Wildman–Crippen LogP) is 2.85. The lowest BCUT2D eigenvalue weighted by Gasteiger charge is -2.22. The minimum atomic E-state index is -0.220. The molecular formula is C23H31N3O4. The Morgan fingerprint density at radius 3 is 2.23 bits per heavy atom. The van der Waals surface area contributed by atoms with Gasteiger partial charge in [0.25, 0.3) is 0 Å². The standard InChI is InChI=1S/C23H31N3O4/c1-16-8-7-9-17(2)23(16)24-21(27)14-26(4)22(28)15-25(3)13-18-10-11-19(29-5)12-20(18)30-6/h7-12H,13-15H2,1-6H3,(H,24,27). The maximum atomic E-state index is 12.6. The number of hydrogen-bond acceptors (Lipinski definition) is 5. The second-order valence-corrected chi connectivity index (χ2v) is 7.41. The summed E-state index contributed by atoms with van der Waals surface area (Å²) in [6.07, 6.45) is 0. The highest BCUT2D eigenvalue weighted by Gasteiger charge is 2.17. The van der Waals surface area contributed by atoms with Crippen molar-refractivity contribution < 1.29 is 19.1 Å². The highest BCUT2D eigenvalue weighted by molar-refractivity contribution is 5.95. The third-order valence-corrected chi connectivity index (χ3v) is 4.89. The van der Waals surface area contributed by atoms with E-state index in [4.69, 9.17) is 9.47 Å². The average Bonchev–Trinajstić information content (AvgIpc) is 2.70. The smallest absolute Gasteiger partial charge is 0.243 e. The number of benzene rings is 2. The Hall–Kier alpha value is -3.06. The van der Waals surface area contributed by atoms with Crippen molar-refractivity contribution in [2.75, 3.05) is 46.7 Å². The van der Waals surface area contributed by atoms with Gasteiger partial charge in [0, 0.05) is 30.9 Å². The van der Waals surface area contributed by atoms with Gasteiger partial charge in [0.15, 0.2) is 0 Å². The molecule has 2 amide bonds. The molecule has 0 unspecified atom stereocenters. The van der Waals surface area contributed by atoms with Crippen LogP contribution in [0.25, 0.3) is 0 Å². The van der Waals surface area contributed by atoms with E-state index in [1.807, 2.05) is 62.2 Å². The zero-order valence-electron chi connectivity index (χ0n) is 18.6. The van der Waals surface area contributed by atoms with Crippen LogP contribution in [0.4, 0.5) is 5.69 Å². The second kappa shape index (κ2) is 10.6. The number of hydrogen-bond donors (Lipinski definition) is 1. The molecule has 0 saturated heterocycles. The SMILES string of the molecule is COc1ccc(CN(C)CC(=O)N(C)CC(=O)Nc2c(C)cccc2C)c(OC)c1. The van der Waals surface area contributed by atoms with E-state index in [0.717, 1.165) is 22.4 Å². The molecule has 0 atom stereocenters. The molecule has 0 aliphatic carbocycles. The Kier molecular flexibility index (Phi) is 8.24. The Labute approximate surface area is 178 Å². The van der Waals surface area contributed by atoms with Crippen molar-refractivity contribution in [3.8, 4) is 11.5 Å². The van der Waals surface area contributed by atoms with Gasteiger partial charge in [-0.05, 0) is 38.1 Å². The van der Waals surface area contributed by atoms with E-state index in [1.54, 1.807) is 21.3 Å². The fourth-order valence-electron chi connectivity index (χ4n) is 3.17. The Morgan fingerprint density at radius 1 is 0.967 bits per heavy atom. The molecule has 0 aliphatic heterocycles. The molecule has 2 aromatic rings. The van der Waals surface area contributed by atoms with E-state index >= 15 is 0 Å². The fraction of sp³-hybridized carbons (Fsp3) is 0.391. The molecule has 0 heterocycles. The molecule has 2 rings (SSSR count). The first-order chi connectivity index (χ1) is 14.2. The molecule has 0 fully saturated rings. The third kappa shape index (κ3) is 6.22. The normalized spacial score (nSPS) is 10.6. The van der Waals surface area contributed by atoms with Crippen molar-refractivity contribution in [1.82, 2.24) is 9.80 Å². The number of amides is 2. The topological polar surface area (TPSA) is 71.1 Å². The average molecular weight is 414 g/mol. The Bertz CT molecular complexity index is 878. The summed E-state index contributed by atoms with van der Waals surface area (Å²) in [4.78, 5) is 28.3. The van der Waals surface area contributed by atoms with Crippen molar-refractivity contribution in [3.05, 3.63) is 53.1 Å². The third-order valence-electron chi connectivity index (χ3n) is 4.89. The first-order valence-electron chi connectivity index (χ1n) is 9.74. The van der Waals surface area contributed by atoms with E-state index in [-0.39, 0.29) is 24.9 Å². The van der Waals surface area contributed by atoms with Crippen LogP contribution in [0.15, 0.2) is 36.4 Å². The van der Waals surface area contributed by atoms with Gasteiger partial charge in [0.2, 0.25) is 11.8 Å². The highest BCUT2D eigenvalue weighted by Crippen LogP contribution is 2.25. The van der Waals surface area contributed by atoms with E-state index < -0.39 is 0 Å². The minimum Gasteiger partial charge on any atom is -0.497 e. The zero-order valence-corrected chi connectivity index (χ0v) is 18.6. The highest BCUT2D eigenvalue weighted by atomic mass is 16.5. The van der Waals surface area contributed by atoms with Gasteiger partial charge in [0.05, 0.1) is 27.3 Å². The first kappa shape index (κ1) is 23.2. The predicted molar refractivity (Wildman–Crippen MR) is 118 cm³/mol. The number of ether oxygens (including phenoxy) is 2. The molecule has 2 aromatic carbocycles. The number of rotatable bonds is 9. The summed E-state index contributed by atoms with van der Waals surface area (Å²) in [6, 6.07) is 11.4. The minimum absolute atomic E-state index is 0.00763. The van der Waals surface area contributed by atoms with Gasteiger partial charge in [0.1, 0.15) is 11.5 Å². The zero-order chi connectivity index (χ0) is 22.3. The maximum absolute atomic E-state index is 12.6. The molecule has 0 bridgehead atoms. The van der Waals surface area contributed by atoms with Gasteiger partial charge in [-0.1, -0.05) is 24.3 Å². The summed E-state index contributed by atoms with van der Waals surface area (Å²) in [5.41, 5.74) is 3.73. The fourth-order valence-corrected chi connectivity index (χ4v) is 3.17. The summed E-state index contributed by atoms with van der Waals surface area (Å²) < 4.78 is 10.6. The molecule has 0 aromatic heterocycles.